The molecule has 2 fully saturated rings. The maximum absolute atomic E-state index is 13.8. The van der Waals surface area contributed by atoms with Gasteiger partial charge in [-0.2, -0.15) is 0 Å². The van der Waals surface area contributed by atoms with Crippen molar-refractivity contribution in [2.75, 3.05) is 13.1 Å². The number of hydrogen-bond donors (Lipinski definition) is 2. The summed E-state index contributed by atoms with van der Waals surface area (Å²) in [7, 11) is 0. The summed E-state index contributed by atoms with van der Waals surface area (Å²) in [5.41, 5.74) is 0.528. The molecule has 108 valence electrons. The molecular weight excluding hydrogens is 261 g/mol. The van der Waals surface area contributed by atoms with E-state index in [-0.39, 0.29) is 17.5 Å². The molecule has 3 rings (SSSR count). The normalized spacial score (nSPS) is 29.6. The van der Waals surface area contributed by atoms with Crippen molar-refractivity contribution in [3.05, 3.63) is 35.1 Å². The van der Waals surface area contributed by atoms with E-state index in [1.54, 1.807) is 0 Å². The molecule has 0 amide bonds. The number of carboxylic acid groups (broad SMARTS) is 1. The number of rotatable bonds is 3. The number of hydrogen-bond acceptors (Lipinski definition) is 3. The Hall–Kier alpha value is -1.46. The van der Waals surface area contributed by atoms with E-state index in [1.165, 1.54) is 18.2 Å². The van der Waals surface area contributed by atoms with Gasteiger partial charge in [-0.05, 0) is 37.0 Å². The Balaban J connectivity index is 1.72. The molecule has 1 aliphatic carbocycles. The lowest BCUT2D eigenvalue weighted by molar-refractivity contribution is 0.0696. The second-order valence-corrected chi connectivity index (χ2v) is 5.87. The average Bonchev–Trinajstić information content (AvgIpc) is 2.94. The standard InChI is InChI=1S/C15H18FNO3/c16-13-3-1-9(15(19)20)5-11(13)7-17-6-10-2-4-14(18)12(10)8-17/h1,3,5,10,12,14,18H,2,4,6-8H2,(H,19,20). The van der Waals surface area contributed by atoms with E-state index < -0.39 is 5.97 Å². The van der Waals surface area contributed by atoms with Gasteiger partial charge in [-0.1, -0.05) is 0 Å². The van der Waals surface area contributed by atoms with E-state index >= 15 is 0 Å². The Morgan fingerprint density at radius 3 is 2.85 bits per heavy atom. The van der Waals surface area contributed by atoms with Crippen LogP contribution in [0.2, 0.25) is 0 Å². The molecule has 1 aromatic rings. The summed E-state index contributed by atoms with van der Waals surface area (Å²) in [6.45, 7) is 2.04. The number of fused-ring (bicyclic) bond motifs is 1. The molecule has 1 aromatic carbocycles. The van der Waals surface area contributed by atoms with Gasteiger partial charge in [0.25, 0.3) is 0 Å². The molecule has 5 heteroatoms. The molecule has 0 spiro atoms. The van der Waals surface area contributed by atoms with Crippen LogP contribution in [0.25, 0.3) is 0 Å². The lowest BCUT2D eigenvalue weighted by atomic mass is 10.00. The number of carboxylic acids is 1. The summed E-state index contributed by atoms with van der Waals surface area (Å²) in [6.07, 6.45) is 1.66. The fourth-order valence-corrected chi connectivity index (χ4v) is 3.53. The number of aliphatic hydroxyl groups is 1. The molecule has 0 bridgehead atoms. The molecular formula is C15H18FNO3. The van der Waals surface area contributed by atoms with Gasteiger partial charge in [0.05, 0.1) is 11.7 Å². The lowest BCUT2D eigenvalue weighted by Crippen LogP contribution is -2.25. The topological polar surface area (TPSA) is 60.8 Å². The van der Waals surface area contributed by atoms with Gasteiger partial charge in [0, 0.05) is 31.1 Å². The van der Waals surface area contributed by atoms with Crippen LogP contribution in [0, 0.1) is 17.7 Å². The SMILES string of the molecule is O=C(O)c1ccc(F)c(CN2CC3CCC(O)C3C2)c1. The van der Waals surface area contributed by atoms with Crippen LogP contribution in [0.4, 0.5) is 4.39 Å². The van der Waals surface area contributed by atoms with Gasteiger partial charge in [-0.15, -0.1) is 0 Å². The van der Waals surface area contributed by atoms with Crippen LogP contribution in [-0.2, 0) is 6.54 Å². The first kappa shape index (κ1) is 13.5. The largest absolute Gasteiger partial charge is 0.478 e. The Kier molecular flexibility index (Phi) is 3.48. The van der Waals surface area contributed by atoms with E-state index in [2.05, 4.69) is 4.90 Å². The molecule has 1 heterocycles. The van der Waals surface area contributed by atoms with Gasteiger partial charge >= 0.3 is 5.97 Å². The molecule has 2 aliphatic rings. The van der Waals surface area contributed by atoms with Crippen molar-refractivity contribution in [3.8, 4) is 0 Å². The summed E-state index contributed by atoms with van der Waals surface area (Å²) >= 11 is 0. The maximum atomic E-state index is 13.8. The van der Waals surface area contributed by atoms with Crippen LogP contribution in [-0.4, -0.2) is 40.3 Å². The Morgan fingerprint density at radius 1 is 1.35 bits per heavy atom. The number of nitrogens with zero attached hydrogens (tertiary/aromatic N) is 1. The third-order valence-corrected chi connectivity index (χ3v) is 4.58. The third kappa shape index (κ3) is 2.43. The number of aromatic carboxylic acids is 1. The first-order chi connectivity index (χ1) is 9.54. The first-order valence-corrected chi connectivity index (χ1v) is 6.96. The quantitative estimate of drug-likeness (QED) is 0.884. The van der Waals surface area contributed by atoms with E-state index in [0.29, 0.717) is 23.9 Å². The van der Waals surface area contributed by atoms with Crippen LogP contribution in [0.1, 0.15) is 28.8 Å². The van der Waals surface area contributed by atoms with E-state index in [4.69, 9.17) is 5.11 Å². The fourth-order valence-electron chi connectivity index (χ4n) is 3.53. The first-order valence-electron chi connectivity index (χ1n) is 6.96. The van der Waals surface area contributed by atoms with Crippen LogP contribution in [0.3, 0.4) is 0 Å². The minimum absolute atomic E-state index is 0.112. The number of aliphatic hydroxyl groups excluding tert-OH is 1. The molecule has 0 radical (unpaired) electrons. The van der Waals surface area contributed by atoms with Crippen molar-refractivity contribution in [2.24, 2.45) is 11.8 Å². The van der Waals surface area contributed by atoms with Crippen molar-refractivity contribution in [1.82, 2.24) is 4.90 Å². The zero-order chi connectivity index (χ0) is 14.3. The van der Waals surface area contributed by atoms with Crippen LogP contribution >= 0.6 is 0 Å². The Morgan fingerprint density at radius 2 is 2.15 bits per heavy atom. The summed E-state index contributed by atoms with van der Waals surface area (Å²) in [5.74, 6) is -0.621. The van der Waals surface area contributed by atoms with Crippen molar-refractivity contribution in [1.29, 1.82) is 0 Å². The second kappa shape index (κ2) is 5.14. The molecule has 20 heavy (non-hydrogen) atoms. The third-order valence-electron chi connectivity index (χ3n) is 4.58. The molecule has 4 nitrogen and oxygen atoms in total. The van der Waals surface area contributed by atoms with Gasteiger partial charge in [0.2, 0.25) is 0 Å². The predicted octanol–water partition coefficient (Wildman–Crippen LogP) is 1.73. The Bertz CT molecular complexity index is 534. The van der Waals surface area contributed by atoms with Gasteiger partial charge in [0.15, 0.2) is 0 Å². The van der Waals surface area contributed by atoms with E-state index in [9.17, 15) is 14.3 Å². The van der Waals surface area contributed by atoms with Gasteiger partial charge < -0.3 is 10.2 Å². The maximum Gasteiger partial charge on any atom is 0.335 e. The van der Waals surface area contributed by atoms with Crippen molar-refractivity contribution >= 4 is 5.97 Å². The number of likely N-dealkylation sites (tertiary alicyclic amines) is 1. The number of carbonyl (C=O) groups is 1. The van der Waals surface area contributed by atoms with Crippen LogP contribution < -0.4 is 0 Å². The zero-order valence-corrected chi connectivity index (χ0v) is 11.1. The van der Waals surface area contributed by atoms with Crippen LogP contribution in [0.5, 0.6) is 0 Å². The molecule has 2 N–H and O–H groups in total. The summed E-state index contributed by atoms with van der Waals surface area (Å²) in [6, 6.07) is 3.90. The molecule has 1 saturated heterocycles. The average molecular weight is 279 g/mol. The number of benzene rings is 1. The predicted molar refractivity (Wildman–Crippen MR) is 70.9 cm³/mol. The molecule has 1 aliphatic heterocycles. The molecule has 0 aromatic heterocycles. The number of halogens is 1. The summed E-state index contributed by atoms with van der Waals surface area (Å²) in [5, 5.41) is 18.8. The highest BCUT2D eigenvalue weighted by Gasteiger charge is 2.41. The van der Waals surface area contributed by atoms with E-state index in [0.717, 1.165) is 25.9 Å². The molecule has 3 unspecified atom stereocenters. The van der Waals surface area contributed by atoms with Gasteiger partial charge in [0.1, 0.15) is 5.82 Å². The fraction of sp³-hybridized carbons (Fsp3) is 0.533. The smallest absolute Gasteiger partial charge is 0.335 e. The summed E-state index contributed by atoms with van der Waals surface area (Å²) < 4.78 is 13.8. The highest BCUT2D eigenvalue weighted by molar-refractivity contribution is 5.87. The highest BCUT2D eigenvalue weighted by Crippen LogP contribution is 2.38. The lowest BCUT2D eigenvalue weighted by Gasteiger charge is -2.18. The zero-order valence-electron chi connectivity index (χ0n) is 11.1. The minimum Gasteiger partial charge on any atom is -0.478 e. The van der Waals surface area contributed by atoms with Gasteiger partial charge in [-0.3, -0.25) is 4.90 Å². The minimum atomic E-state index is -1.04. The van der Waals surface area contributed by atoms with Crippen molar-refractivity contribution in [3.63, 3.8) is 0 Å². The second-order valence-electron chi connectivity index (χ2n) is 5.87. The van der Waals surface area contributed by atoms with Gasteiger partial charge in [-0.25, -0.2) is 9.18 Å². The van der Waals surface area contributed by atoms with Crippen molar-refractivity contribution < 1.29 is 19.4 Å². The van der Waals surface area contributed by atoms with Crippen LogP contribution in [0.15, 0.2) is 18.2 Å². The van der Waals surface area contributed by atoms with Crippen molar-refractivity contribution in [2.45, 2.75) is 25.5 Å². The highest BCUT2D eigenvalue weighted by atomic mass is 19.1. The van der Waals surface area contributed by atoms with E-state index in [1.807, 2.05) is 0 Å². The summed E-state index contributed by atoms with van der Waals surface area (Å²) in [4.78, 5) is 13.0. The molecule has 3 atom stereocenters. The monoisotopic (exact) mass is 279 g/mol. The Labute approximate surface area is 116 Å². The molecule has 1 saturated carbocycles.